The number of carbonyl (C=O) groups is 1. The summed E-state index contributed by atoms with van der Waals surface area (Å²) in [6.45, 7) is 6.00. The second-order valence-corrected chi connectivity index (χ2v) is 5.69. The van der Waals surface area contributed by atoms with Crippen LogP contribution in [0, 0.1) is 5.92 Å². The van der Waals surface area contributed by atoms with Crippen molar-refractivity contribution >= 4 is 11.6 Å². The summed E-state index contributed by atoms with van der Waals surface area (Å²) in [5.41, 5.74) is 2.51. The van der Waals surface area contributed by atoms with Gasteiger partial charge in [-0.05, 0) is 37.3 Å². The molecule has 0 saturated carbocycles. The molecule has 1 aliphatic rings. The molecule has 1 atom stereocenters. The summed E-state index contributed by atoms with van der Waals surface area (Å²) in [7, 11) is 0. The molecule has 0 bridgehead atoms. The SMILES string of the molecule is CCc1nc2ccccn2c1C(=O)N1CCCC(C)C1. The third-order valence-corrected chi connectivity index (χ3v) is 4.08. The number of pyridine rings is 1. The number of fused-ring (bicyclic) bond motifs is 1. The number of carbonyl (C=O) groups excluding carboxylic acids is 1. The van der Waals surface area contributed by atoms with Crippen molar-refractivity contribution in [3.63, 3.8) is 0 Å². The van der Waals surface area contributed by atoms with Gasteiger partial charge in [-0.1, -0.05) is 19.9 Å². The molecular formula is C16H21N3O. The molecule has 2 aromatic heterocycles. The molecule has 0 spiro atoms. The van der Waals surface area contributed by atoms with Crippen molar-refractivity contribution in [2.45, 2.75) is 33.1 Å². The number of imidazole rings is 1. The minimum absolute atomic E-state index is 0.132. The zero-order chi connectivity index (χ0) is 14.1. The van der Waals surface area contributed by atoms with Crippen LogP contribution in [-0.2, 0) is 6.42 Å². The lowest BCUT2D eigenvalue weighted by Crippen LogP contribution is -2.40. The van der Waals surface area contributed by atoms with Crippen molar-refractivity contribution < 1.29 is 4.79 Å². The Morgan fingerprint density at radius 1 is 1.45 bits per heavy atom. The Kier molecular flexibility index (Phi) is 3.47. The van der Waals surface area contributed by atoms with Gasteiger partial charge in [0.05, 0.1) is 5.69 Å². The topological polar surface area (TPSA) is 37.6 Å². The highest BCUT2D eigenvalue weighted by Gasteiger charge is 2.26. The van der Waals surface area contributed by atoms with Crippen LogP contribution in [0.2, 0.25) is 0 Å². The standard InChI is InChI=1S/C16H21N3O/c1-3-13-15(19-10-5-4-8-14(19)17-13)16(20)18-9-6-7-12(2)11-18/h4-5,8,10,12H,3,6-7,9,11H2,1-2H3. The maximum absolute atomic E-state index is 12.9. The van der Waals surface area contributed by atoms with Crippen LogP contribution >= 0.6 is 0 Å². The third-order valence-electron chi connectivity index (χ3n) is 4.08. The number of rotatable bonds is 2. The summed E-state index contributed by atoms with van der Waals surface area (Å²) >= 11 is 0. The summed E-state index contributed by atoms with van der Waals surface area (Å²) in [5, 5.41) is 0. The monoisotopic (exact) mass is 271 g/mol. The number of hydrogen-bond acceptors (Lipinski definition) is 2. The van der Waals surface area contributed by atoms with Crippen LogP contribution < -0.4 is 0 Å². The third kappa shape index (κ3) is 2.19. The molecule has 20 heavy (non-hydrogen) atoms. The van der Waals surface area contributed by atoms with Crippen molar-refractivity contribution in [2.24, 2.45) is 5.92 Å². The van der Waals surface area contributed by atoms with Crippen LogP contribution in [0.1, 0.15) is 42.9 Å². The van der Waals surface area contributed by atoms with Crippen LogP contribution in [0.25, 0.3) is 5.65 Å². The van der Waals surface area contributed by atoms with Gasteiger partial charge in [-0.2, -0.15) is 0 Å². The molecule has 0 radical (unpaired) electrons. The van der Waals surface area contributed by atoms with Gasteiger partial charge in [0.2, 0.25) is 0 Å². The Balaban J connectivity index is 2.02. The first kappa shape index (κ1) is 13.2. The molecule has 106 valence electrons. The average molecular weight is 271 g/mol. The van der Waals surface area contributed by atoms with Crippen molar-refractivity contribution in [1.29, 1.82) is 0 Å². The molecule has 0 N–H and O–H groups in total. The molecule has 4 nitrogen and oxygen atoms in total. The first-order valence-electron chi connectivity index (χ1n) is 7.46. The predicted octanol–water partition coefficient (Wildman–Crippen LogP) is 2.77. The number of likely N-dealkylation sites (tertiary alicyclic amines) is 1. The lowest BCUT2D eigenvalue weighted by Gasteiger charge is -2.31. The van der Waals surface area contributed by atoms with E-state index in [4.69, 9.17) is 0 Å². The van der Waals surface area contributed by atoms with E-state index in [2.05, 4.69) is 18.8 Å². The molecule has 3 heterocycles. The Bertz CT molecular complexity index is 632. The maximum atomic E-state index is 12.9. The molecule has 3 rings (SSSR count). The number of amides is 1. The second kappa shape index (κ2) is 5.27. The molecule has 1 saturated heterocycles. The largest absolute Gasteiger partial charge is 0.337 e. The number of piperidine rings is 1. The molecule has 1 amide bonds. The van der Waals surface area contributed by atoms with Crippen molar-refractivity contribution in [2.75, 3.05) is 13.1 Å². The molecule has 2 aromatic rings. The number of aromatic nitrogens is 2. The predicted molar refractivity (Wildman–Crippen MR) is 78.9 cm³/mol. The highest BCUT2D eigenvalue weighted by atomic mass is 16.2. The van der Waals surface area contributed by atoms with E-state index in [1.54, 1.807) is 0 Å². The normalized spacial score (nSPS) is 19.5. The van der Waals surface area contributed by atoms with Gasteiger partial charge >= 0.3 is 0 Å². The molecule has 1 fully saturated rings. The summed E-state index contributed by atoms with van der Waals surface area (Å²) in [6.07, 6.45) is 5.04. The lowest BCUT2D eigenvalue weighted by atomic mass is 10.00. The van der Waals surface area contributed by atoms with E-state index in [-0.39, 0.29) is 5.91 Å². The summed E-state index contributed by atoms with van der Waals surface area (Å²) in [6, 6.07) is 5.86. The highest BCUT2D eigenvalue weighted by molar-refractivity contribution is 5.94. The van der Waals surface area contributed by atoms with Gasteiger partial charge in [0, 0.05) is 19.3 Å². The fraction of sp³-hybridized carbons (Fsp3) is 0.500. The number of nitrogens with zero attached hydrogens (tertiary/aromatic N) is 3. The minimum atomic E-state index is 0.132. The molecule has 1 unspecified atom stereocenters. The molecular weight excluding hydrogens is 250 g/mol. The van der Waals surface area contributed by atoms with Gasteiger partial charge in [0.15, 0.2) is 0 Å². The minimum Gasteiger partial charge on any atom is -0.337 e. The molecule has 1 aliphatic heterocycles. The van der Waals surface area contributed by atoms with Gasteiger partial charge < -0.3 is 4.90 Å². The van der Waals surface area contributed by atoms with Crippen molar-refractivity contribution in [3.05, 3.63) is 35.8 Å². The van der Waals surface area contributed by atoms with E-state index < -0.39 is 0 Å². The Labute approximate surface area is 119 Å². The fourth-order valence-corrected chi connectivity index (χ4v) is 3.04. The lowest BCUT2D eigenvalue weighted by molar-refractivity contribution is 0.0675. The van der Waals surface area contributed by atoms with Crippen LogP contribution in [0.3, 0.4) is 0 Å². The Morgan fingerprint density at radius 2 is 2.30 bits per heavy atom. The zero-order valence-electron chi connectivity index (χ0n) is 12.2. The molecule has 0 aliphatic carbocycles. The van der Waals surface area contributed by atoms with E-state index in [1.807, 2.05) is 33.7 Å². The fourth-order valence-electron chi connectivity index (χ4n) is 3.04. The number of hydrogen-bond donors (Lipinski definition) is 0. The summed E-state index contributed by atoms with van der Waals surface area (Å²) < 4.78 is 1.93. The highest BCUT2D eigenvalue weighted by Crippen LogP contribution is 2.21. The Morgan fingerprint density at radius 3 is 3.05 bits per heavy atom. The first-order chi connectivity index (χ1) is 9.70. The zero-order valence-corrected chi connectivity index (χ0v) is 12.2. The van der Waals surface area contributed by atoms with Gasteiger partial charge in [-0.3, -0.25) is 9.20 Å². The van der Waals surface area contributed by atoms with Gasteiger partial charge in [0.25, 0.3) is 5.91 Å². The van der Waals surface area contributed by atoms with E-state index in [0.717, 1.165) is 43.0 Å². The van der Waals surface area contributed by atoms with Crippen molar-refractivity contribution in [1.82, 2.24) is 14.3 Å². The van der Waals surface area contributed by atoms with Crippen LogP contribution in [-0.4, -0.2) is 33.3 Å². The second-order valence-electron chi connectivity index (χ2n) is 5.69. The van der Waals surface area contributed by atoms with Gasteiger partial charge in [-0.15, -0.1) is 0 Å². The van der Waals surface area contributed by atoms with E-state index in [9.17, 15) is 4.79 Å². The van der Waals surface area contributed by atoms with Crippen LogP contribution in [0.15, 0.2) is 24.4 Å². The van der Waals surface area contributed by atoms with Crippen LogP contribution in [0.5, 0.6) is 0 Å². The average Bonchev–Trinajstić information content (AvgIpc) is 2.85. The van der Waals surface area contributed by atoms with E-state index in [1.165, 1.54) is 6.42 Å². The quantitative estimate of drug-likeness (QED) is 0.842. The van der Waals surface area contributed by atoms with E-state index >= 15 is 0 Å². The Hall–Kier alpha value is -1.84. The van der Waals surface area contributed by atoms with E-state index in [0.29, 0.717) is 5.92 Å². The molecule has 0 aromatic carbocycles. The molecule has 4 heteroatoms. The first-order valence-corrected chi connectivity index (χ1v) is 7.46. The summed E-state index contributed by atoms with van der Waals surface area (Å²) in [4.78, 5) is 19.4. The smallest absolute Gasteiger partial charge is 0.272 e. The van der Waals surface area contributed by atoms with Crippen molar-refractivity contribution in [3.8, 4) is 0 Å². The summed E-state index contributed by atoms with van der Waals surface area (Å²) in [5.74, 6) is 0.726. The van der Waals surface area contributed by atoms with Gasteiger partial charge in [0.1, 0.15) is 11.3 Å². The number of aryl methyl sites for hydroxylation is 1. The van der Waals surface area contributed by atoms with Gasteiger partial charge in [-0.25, -0.2) is 4.98 Å². The van der Waals surface area contributed by atoms with Crippen LogP contribution in [0.4, 0.5) is 0 Å². The maximum Gasteiger partial charge on any atom is 0.272 e.